The molecule has 1 aromatic heterocycles. The summed E-state index contributed by atoms with van der Waals surface area (Å²) in [6, 6.07) is 3.25. The van der Waals surface area contributed by atoms with Crippen molar-refractivity contribution in [2.75, 3.05) is 13.2 Å². The number of pyridine rings is 1. The molecule has 0 saturated carbocycles. The summed E-state index contributed by atoms with van der Waals surface area (Å²) in [5, 5.41) is 0. The summed E-state index contributed by atoms with van der Waals surface area (Å²) in [5.41, 5.74) is 0.866. The van der Waals surface area contributed by atoms with Crippen LogP contribution in [-0.4, -0.2) is 41.0 Å². The van der Waals surface area contributed by atoms with E-state index in [0.717, 1.165) is 18.4 Å². The van der Waals surface area contributed by atoms with E-state index in [1.54, 1.807) is 24.2 Å². The van der Waals surface area contributed by atoms with Crippen molar-refractivity contribution in [3.05, 3.63) is 30.1 Å². The van der Waals surface area contributed by atoms with Gasteiger partial charge in [-0.15, -0.1) is 0 Å². The number of esters is 1. The van der Waals surface area contributed by atoms with Gasteiger partial charge < -0.3 is 9.64 Å². The third kappa shape index (κ3) is 3.56. The Bertz CT molecular complexity index is 461. The number of aromatic nitrogens is 1. The lowest BCUT2D eigenvalue weighted by Gasteiger charge is -2.34. The molecular formula is C15H20N2O3. The highest BCUT2D eigenvalue weighted by Crippen LogP contribution is 2.19. The predicted molar refractivity (Wildman–Crippen MR) is 73.9 cm³/mol. The van der Waals surface area contributed by atoms with Crippen molar-refractivity contribution in [3.8, 4) is 0 Å². The number of amides is 1. The van der Waals surface area contributed by atoms with Gasteiger partial charge in [-0.05, 0) is 37.8 Å². The summed E-state index contributed by atoms with van der Waals surface area (Å²) in [4.78, 5) is 30.0. The third-order valence-electron chi connectivity index (χ3n) is 3.46. The molecule has 108 valence electrons. The van der Waals surface area contributed by atoms with Crippen LogP contribution in [0, 0.1) is 0 Å². The fourth-order valence-electron chi connectivity index (χ4n) is 2.49. The van der Waals surface area contributed by atoms with Crippen molar-refractivity contribution >= 4 is 11.9 Å². The smallest absolute Gasteiger partial charge is 0.328 e. The molecule has 1 saturated heterocycles. The minimum Gasteiger partial charge on any atom is -0.464 e. The van der Waals surface area contributed by atoms with Crippen LogP contribution in [0.2, 0.25) is 0 Å². The minimum absolute atomic E-state index is 0.0317. The first-order chi connectivity index (χ1) is 9.72. The summed E-state index contributed by atoms with van der Waals surface area (Å²) in [7, 11) is 0. The molecule has 0 bridgehead atoms. The number of nitrogens with zero attached hydrogens (tertiary/aromatic N) is 2. The summed E-state index contributed by atoms with van der Waals surface area (Å²) < 4.78 is 5.07. The van der Waals surface area contributed by atoms with Crippen molar-refractivity contribution in [1.82, 2.24) is 9.88 Å². The molecule has 1 amide bonds. The van der Waals surface area contributed by atoms with Crippen LogP contribution in [0.25, 0.3) is 0 Å². The zero-order valence-electron chi connectivity index (χ0n) is 11.7. The van der Waals surface area contributed by atoms with Crippen LogP contribution < -0.4 is 0 Å². The van der Waals surface area contributed by atoms with Gasteiger partial charge in [0.1, 0.15) is 6.04 Å². The van der Waals surface area contributed by atoms with Gasteiger partial charge in [-0.3, -0.25) is 9.78 Å². The quantitative estimate of drug-likeness (QED) is 0.783. The van der Waals surface area contributed by atoms with Crippen LogP contribution in [0.3, 0.4) is 0 Å². The molecule has 5 heteroatoms. The Morgan fingerprint density at radius 3 is 3.00 bits per heavy atom. The van der Waals surface area contributed by atoms with Crippen LogP contribution in [0.1, 0.15) is 31.7 Å². The molecule has 0 N–H and O–H groups in total. The molecule has 0 spiro atoms. The largest absolute Gasteiger partial charge is 0.464 e. The summed E-state index contributed by atoms with van der Waals surface area (Å²) >= 11 is 0. The first kappa shape index (κ1) is 14.5. The molecule has 0 aromatic carbocycles. The van der Waals surface area contributed by atoms with E-state index in [-0.39, 0.29) is 18.3 Å². The monoisotopic (exact) mass is 276 g/mol. The van der Waals surface area contributed by atoms with E-state index in [0.29, 0.717) is 19.6 Å². The predicted octanol–water partition coefficient (Wildman–Crippen LogP) is 1.57. The minimum atomic E-state index is -0.423. The standard InChI is InChI=1S/C15H20N2O3/c1-2-20-15(19)13-7-3-4-9-17(13)14(18)10-12-6-5-8-16-11-12/h5-6,8,11,13H,2-4,7,9-10H2,1H3/t13-/m0/s1. The highest BCUT2D eigenvalue weighted by Gasteiger charge is 2.32. The molecule has 1 aromatic rings. The van der Waals surface area contributed by atoms with Gasteiger partial charge in [-0.1, -0.05) is 6.07 Å². The molecule has 2 rings (SSSR count). The second kappa shape index (κ2) is 7.03. The average molecular weight is 276 g/mol. The van der Waals surface area contributed by atoms with Gasteiger partial charge in [0, 0.05) is 18.9 Å². The van der Waals surface area contributed by atoms with Crippen molar-refractivity contribution in [3.63, 3.8) is 0 Å². The van der Waals surface area contributed by atoms with Gasteiger partial charge in [0.05, 0.1) is 13.0 Å². The lowest BCUT2D eigenvalue weighted by atomic mass is 10.0. The van der Waals surface area contributed by atoms with Gasteiger partial charge >= 0.3 is 5.97 Å². The number of hydrogen-bond acceptors (Lipinski definition) is 4. The van der Waals surface area contributed by atoms with Gasteiger partial charge in [0.15, 0.2) is 0 Å². The maximum atomic E-state index is 12.4. The molecule has 1 aliphatic rings. The van der Waals surface area contributed by atoms with E-state index < -0.39 is 6.04 Å². The zero-order valence-corrected chi connectivity index (χ0v) is 11.7. The van der Waals surface area contributed by atoms with Crippen LogP contribution in [0.5, 0.6) is 0 Å². The molecule has 5 nitrogen and oxygen atoms in total. The third-order valence-corrected chi connectivity index (χ3v) is 3.46. The Morgan fingerprint density at radius 2 is 2.30 bits per heavy atom. The normalized spacial score (nSPS) is 18.6. The van der Waals surface area contributed by atoms with Gasteiger partial charge in [-0.2, -0.15) is 0 Å². The lowest BCUT2D eigenvalue weighted by molar-refractivity contribution is -0.156. The van der Waals surface area contributed by atoms with Crippen molar-refractivity contribution < 1.29 is 14.3 Å². The molecular weight excluding hydrogens is 256 g/mol. The topological polar surface area (TPSA) is 59.5 Å². The second-order valence-electron chi connectivity index (χ2n) is 4.89. The number of likely N-dealkylation sites (tertiary alicyclic amines) is 1. The molecule has 1 atom stereocenters. The molecule has 1 fully saturated rings. The second-order valence-corrected chi connectivity index (χ2v) is 4.89. The van der Waals surface area contributed by atoms with Gasteiger partial charge in [-0.25, -0.2) is 4.79 Å². The number of carbonyl (C=O) groups excluding carboxylic acids is 2. The molecule has 0 radical (unpaired) electrons. The number of hydrogen-bond donors (Lipinski definition) is 0. The van der Waals surface area contributed by atoms with Crippen molar-refractivity contribution in [1.29, 1.82) is 0 Å². The fraction of sp³-hybridized carbons (Fsp3) is 0.533. The first-order valence-corrected chi connectivity index (χ1v) is 7.07. The van der Waals surface area contributed by atoms with Crippen LogP contribution in [-0.2, 0) is 20.7 Å². The maximum Gasteiger partial charge on any atom is 0.328 e. The average Bonchev–Trinajstić information content (AvgIpc) is 2.48. The van der Waals surface area contributed by atoms with E-state index in [9.17, 15) is 9.59 Å². The van der Waals surface area contributed by atoms with E-state index >= 15 is 0 Å². The molecule has 0 unspecified atom stereocenters. The van der Waals surface area contributed by atoms with Crippen LogP contribution in [0.4, 0.5) is 0 Å². The van der Waals surface area contributed by atoms with Crippen molar-refractivity contribution in [2.45, 2.75) is 38.6 Å². The van der Waals surface area contributed by atoms with E-state index in [1.807, 2.05) is 12.1 Å². The zero-order chi connectivity index (χ0) is 14.4. The summed E-state index contributed by atoms with van der Waals surface area (Å²) in [6.45, 7) is 2.76. The Balaban J connectivity index is 2.03. The first-order valence-electron chi connectivity index (χ1n) is 7.07. The molecule has 20 heavy (non-hydrogen) atoms. The highest BCUT2D eigenvalue weighted by atomic mass is 16.5. The van der Waals surface area contributed by atoms with Crippen LogP contribution >= 0.6 is 0 Å². The van der Waals surface area contributed by atoms with E-state index in [2.05, 4.69) is 4.98 Å². The molecule has 1 aliphatic heterocycles. The number of carbonyl (C=O) groups is 2. The fourth-order valence-corrected chi connectivity index (χ4v) is 2.49. The number of rotatable bonds is 4. The summed E-state index contributed by atoms with van der Waals surface area (Å²) in [5.74, 6) is -0.317. The Kier molecular flexibility index (Phi) is 5.09. The Hall–Kier alpha value is -1.91. The van der Waals surface area contributed by atoms with Crippen LogP contribution in [0.15, 0.2) is 24.5 Å². The van der Waals surface area contributed by atoms with E-state index in [1.165, 1.54) is 0 Å². The SMILES string of the molecule is CCOC(=O)[C@@H]1CCCCN1C(=O)Cc1cccnc1. The lowest BCUT2D eigenvalue weighted by Crippen LogP contribution is -2.49. The molecule has 0 aliphatic carbocycles. The maximum absolute atomic E-state index is 12.4. The van der Waals surface area contributed by atoms with E-state index in [4.69, 9.17) is 4.74 Å². The number of piperidine rings is 1. The molecule has 2 heterocycles. The van der Waals surface area contributed by atoms with Crippen molar-refractivity contribution in [2.24, 2.45) is 0 Å². The Labute approximate surface area is 118 Å². The summed E-state index contributed by atoms with van der Waals surface area (Å²) in [6.07, 6.45) is 6.23. The number of ether oxygens (including phenoxy) is 1. The van der Waals surface area contributed by atoms with Gasteiger partial charge in [0.2, 0.25) is 5.91 Å². The highest BCUT2D eigenvalue weighted by molar-refractivity contribution is 5.86. The Morgan fingerprint density at radius 1 is 1.45 bits per heavy atom. The van der Waals surface area contributed by atoms with Gasteiger partial charge in [0.25, 0.3) is 0 Å².